The molecule has 1 unspecified atom stereocenters. The number of carbonyl (C=O) groups excluding carboxylic acids is 1. The van der Waals surface area contributed by atoms with Crippen LogP contribution in [0, 0.1) is 11.7 Å². The number of aldehydes is 1. The normalized spacial score (nSPS) is 12.5. The van der Waals surface area contributed by atoms with Crippen molar-refractivity contribution >= 4 is 6.29 Å². The predicted molar refractivity (Wildman–Crippen MR) is 54.7 cm³/mol. The van der Waals surface area contributed by atoms with Crippen LogP contribution < -0.4 is 0 Å². The lowest BCUT2D eigenvalue weighted by atomic mass is 10.00. The van der Waals surface area contributed by atoms with Crippen molar-refractivity contribution in [2.75, 3.05) is 0 Å². The fourth-order valence-corrected chi connectivity index (χ4v) is 1.45. The summed E-state index contributed by atoms with van der Waals surface area (Å²) in [4.78, 5) is 10.5. The molecule has 0 amide bonds. The van der Waals surface area contributed by atoms with Crippen molar-refractivity contribution in [3.05, 3.63) is 35.1 Å². The van der Waals surface area contributed by atoms with Gasteiger partial charge < -0.3 is 4.79 Å². The van der Waals surface area contributed by atoms with Crippen molar-refractivity contribution < 1.29 is 9.18 Å². The summed E-state index contributed by atoms with van der Waals surface area (Å²) < 4.78 is 13.1. The number of aryl methyl sites for hydroxylation is 1. The van der Waals surface area contributed by atoms with Gasteiger partial charge in [-0.25, -0.2) is 4.39 Å². The first-order valence-corrected chi connectivity index (χ1v) is 4.90. The summed E-state index contributed by atoms with van der Waals surface area (Å²) in [6.07, 6.45) is 2.31. The Kier molecular flexibility index (Phi) is 3.81. The second-order valence-electron chi connectivity index (χ2n) is 3.60. The van der Waals surface area contributed by atoms with Crippen molar-refractivity contribution in [3.8, 4) is 0 Å². The first kappa shape index (κ1) is 10.9. The summed E-state index contributed by atoms with van der Waals surface area (Å²) in [5.74, 6) is -0.153. The van der Waals surface area contributed by atoms with Gasteiger partial charge in [-0.15, -0.1) is 0 Å². The van der Waals surface area contributed by atoms with E-state index < -0.39 is 0 Å². The van der Waals surface area contributed by atoms with Crippen molar-refractivity contribution in [1.29, 1.82) is 0 Å². The van der Waals surface area contributed by atoms with Crippen LogP contribution >= 0.6 is 0 Å². The minimum Gasteiger partial charge on any atom is -0.303 e. The maximum atomic E-state index is 13.1. The van der Waals surface area contributed by atoms with Gasteiger partial charge in [0.25, 0.3) is 0 Å². The fourth-order valence-electron chi connectivity index (χ4n) is 1.45. The molecule has 14 heavy (non-hydrogen) atoms. The third-order valence-corrected chi connectivity index (χ3v) is 2.28. The first-order chi connectivity index (χ1) is 6.67. The highest BCUT2D eigenvalue weighted by Gasteiger charge is 2.05. The van der Waals surface area contributed by atoms with Crippen LogP contribution in [-0.4, -0.2) is 6.29 Å². The van der Waals surface area contributed by atoms with Gasteiger partial charge in [-0.1, -0.05) is 26.0 Å². The number of hydrogen-bond donors (Lipinski definition) is 0. The Bertz CT molecular complexity index is 320. The number of hydrogen-bond acceptors (Lipinski definition) is 1. The molecule has 0 fully saturated rings. The lowest BCUT2D eigenvalue weighted by molar-refractivity contribution is -0.110. The molecule has 0 N–H and O–H groups in total. The monoisotopic (exact) mass is 194 g/mol. The zero-order valence-electron chi connectivity index (χ0n) is 8.59. The summed E-state index contributed by atoms with van der Waals surface area (Å²) in [6.45, 7) is 3.79. The maximum absolute atomic E-state index is 13.1. The average molecular weight is 194 g/mol. The first-order valence-electron chi connectivity index (χ1n) is 4.90. The van der Waals surface area contributed by atoms with E-state index in [1.165, 1.54) is 6.07 Å². The van der Waals surface area contributed by atoms with Crippen molar-refractivity contribution in [3.63, 3.8) is 0 Å². The van der Waals surface area contributed by atoms with Crippen LogP contribution in [0.3, 0.4) is 0 Å². The number of halogens is 1. The van der Waals surface area contributed by atoms with Gasteiger partial charge in [0.2, 0.25) is 0 Å². The van der Waals surface area contributed by atoms with Gasteiger partial charge in [-0.2, -0.15) is 0 Å². The third-order valence-electron chi connectivity index (χ3n) is 2.28. The molecule has 0 saturated heterocycles. The second-order valence-corrected chi connectivity index (χ2v) is 3.60. The van der Waals surface area contributed by atoms with Gasteiger partial charge in [-0.05, 0) is 30.0 Å². The van der Waals surface area contributed by atoms with E-state index in [0.717, 1.165) is 17.4 Å². The van der Waals surface area contributed by atoms with E-state index in [2.05, 4.69) is 0 Å². The average Bonchev–Trinajstić information content (AvgIpc) is 2.20. The standard InChI is InChI=1S/C12H15FO/c1-3-11-7-10(4-5-12(11)13)6-9(2)8-14/h4-5,7-9H,3,6H2,1-2H3. The van der Waals surface area contributed by atoms with E-state index >= 15 is 0 Å². The van der Waals surface area contributed by atoms with Crippen molar-refractivity contribution in [2.24, 2.45) is 5.92 Å². The Labute approximate surface area is 83.9 Å². The quantitative estimate of drug-likeness (QED) is 0.673. The van der Waals surface area contributed by atoms with E-state index in [1.807, 2.05) is 19.9 Å². The Hall–Kier alpha value is -1.18. The molecule has 0 aliphatic carbocycles. The molecule has 0 aromatic heterocycles. The summed E-state index contributed by atoms with van der Waals surface area (Å²) in [7, 11) is 0. The van der Waals surface area contributed by atoms with Gasteiger partial charge >= 0.3 is 0 Å². The van der Waals surface area contributed by atoms with Crippen LogP contribution in [0.2, 0.25) is 0 Å². The second kappa shape index (κ2) is 4.89. The Morgan fingerprint density at radius 2 is 2.21 bits per heavy atom. The molecular weight excluding hydrogens is 179 g/mol. The number of benzene rings is 1. The zero-order chi connectivity index (χ0) is 10.6. The lowest BCUT2D eigenvalue weighted by Crippen LogP contribution is -2.01. The lowest BCUT2D eigenvalue weighted by Gasteiger charge is -2.06. The highest BCUT2D eigenvalue weighted by atomic mass is 19.1. The molecule has 0 aliphatic rings. The van der Waals surface area contributed by atoms with Crippen LogP contribution in [0.5, 0.6) is 0 Å². The molecule has 1 nitrogen and oxygen atoms in total. The molecule has 76 valence electrons. The highest BCUT2D eigenvalue weighted by Crippen LogP contribution is 2.13. The summed E-state index contributed by atoms with van der Waals surface area (Å²) >= 11 is 0. The van der Waals surface area contributed by atoms with Gasteiger partial charge in [0.05, 0.1) is 0 Å². The Morgan fingerprint density at radius 1 is 1.50 bits per heavy atom. The molecule has 1 atom stereocenters. The van der Waals surface area contributed by atoms with Gasteiger partial charge in [0.15, 0.2) is 0 Å². The molecule has 0 heterocycles. The molecule has 0 aliphatic heterocycles. The number of rotatable bonds is 4. The van der Waals surface area contributed by atoms with Crippen LogP contribution in [0.4, 0.5) is 4.39 Å². The van der Waals surface area contributed by atoms with E-state index in [1.54, 1.807) is 6.07 Å². The van der Waals surface area contributed by atoms with Gasteiger partial charge in [0.1, 0.15) is 12.1 Å². The molecule has 1 aromatic rings. The van der Waals surface area contributed by atoms with Crippen LogP contribution in [0.1, 0.15) is 25.0 Å². The fraction of sp³-hybridized carbons (Fsp3) is 0.417. The van der Waals surface area contributed by atoms with Crippen molar-refractivity contribution in [1.82, 2.24) is 0 Å². The van der Waals surface area contributed by atoms with E-state index in [9.17, 15) is 9.18 Å². The van der Waals surface area contributed by atoms with Crippen LogP contribution in [0.15, 0.2) is 18.2 Å². The molecular formula is C12H15FO. The van der Waals surface area contributed by atoms with E-state index in [-0.39, 0.29) is 11.7 Å². The third kappa shape index (κ3) is 2.66. The van der Waals surface area contributed by atoms with E-state index in [0.29, 0.717) is 12.8 Å². The Balaban J connectivity index is 2.84. The minimum absolute atomic E-state index is 0.00478. The van der Waals surface area contributed by atoms with Crippen LogP contribution in [0.25, 0.3) is 0 Å². The smallest absolute Gasteiger partial charge is 0.126 e. The Morgan fingerprint density at radius 3 is 2.79 bits per heavy atom. The molecule has 0 spiro atoms. The molecule has 1 rings (SSSR count). The summed E-state index contributed by atoms with van der Waals surface area (Å²) in [5, 5.41) is 0. The maximum Gasteiger partial charge on any atom is 0.126 e. The minimum atomic E-state index is -0.157. The van der Waals surface area contributed by atoms with Crippen molar-refractivity contribution in [2.45, 2.75) is 26.7 Å². The molecule has 0 saturated carbocycles. The summed E-state index contributed by atoms with van der Waals surface area (Å²) in [5.41, 5.74) is 1.75. The SMILES string of the molecule is CCc1cc(CC(C)C=O)ccc1F. The largest absolute Gasteiger partial charge is 0.303 e. The van der Waals surface area contributed by atoms with Gasteiger partial charge in [0, 0.05) is 5.92 Å². The zero-order valence-corrected chi connectivity index (χ0v) is 8.59. The molecule has 1 aromatic carbocycles. The molecule has 0 radical (unpaired) electrons. The predicted octanol–water partition coefficient (Wildman–Crippen LogP) is 2.77. The van der Waals surface area contributed by atoms with E-state index in [4.69, 9.17) is 0 Å². The summed E-state index contributed by atoms with van der Waals surface area (Å²) in [6, 6.07) is 5.06. The molecule has 0 bridgehead atoms. The number of carbonyl (C=O) groups is 1. The van der Waals surface area contributed by atoms with Gasteiger partial charge in [-0.3, -0.25) is 0 Å². The highest BCUT2D eigenvalue weighted by molar-refractivity contribution is 5.53. The molecule has 2 heteroatoms. The van der Waals surface area contributed by atoms with Crippen LogP contribution in [-0.2, 0) is 17.6 Å². The topological polar surface area (TPSA) is 17.1 Å².